The lowest BCUT2D eigenvalue weighted by atomic mass is 10.0. The topological polar surface area (TPSA) is 91.0 Å². The van der Waals surface area contributed by atoms with Crippen LogP contribution in [0.3, 0.4) is 0 Å². The number of pyridine rings is 2. The first-order valence-electron chi connectivity index (χ1n) is 11.6. The van der Waals surface area contributed by atoms with Crippen LogP contribution in [0.2, 0.25) is 0 Å². The van der Waals surface area contributed by atoms with Crippen LogP contribution in [-0.2, 0) is 14.1 Å². The van der Waals surface area contributed by atoms with E-state index in [9.17, 15) is 22.8 Å². The van der Waals surface area contributed by atoms with Gasteiger partial charge < -0.3 is 14.6 Å². The molecule has 0 bridgehead atoms. The van der Waals surface area contributed by atoms with E-state index in [0.29, 0.717) is 16.7 Å². The number of anilines is 1. The monoisotopic (exact) mass is 531 g/mol. The summed E-state index contributed by atoms with van der Waals surface area (Å²) in [6, 6.07) is 8.25. The molecule has 0 spiro atoms. The normalized spacial score (nSPS) is 10.9. The van der Waals surface area contributed by atoms with Crippen molar-refractivity contribution in [3.05, 3.63) is 113 Å². The van der Waals surface area contributed by atoms with Crippen LogP contribution >= 0.6 is 0 Å². The fourth-order valence-electron chi connectivity index (χ4n) is 3.96. The van der Waals surface area contributed by atoms with Crippen molar-refractivity contribution in [3.63, 3.8) is 0 Å². The highest BCUT2D eigenvalue weighted by Gasteiger charge is 2.20. The van der Waals surface area contributed by atoms with E-state index in [2.05, 4.69) is 15.4 Å². The van der Waals surface area contributed by atoms with Gasteiger partial charge in [-0.15, -0.1) is 0 Å². The molecule has 3 heterocycles. The summed E-state index contributed by atoms with van der Waals surface area (Å²) in [4.78, 5) is 30.0. The molecule has 0 unspecified atom stereocenters. The van der Waals surface area contributed by atoms with Crippen molar-refractivity contribution in [3.8, 4) is 33.8 Å². The van der Waals surface area contributed by atoms with Gasteiger partial charge in [-0.3, -0.25) is 19.3 Å². The summed E-state index contributed by atoms with van der Waals surface area (Å²) < 4.78 is 52.0. The Hall–Kier alpha value is -5.19. The van der Waals surface area contributed by atoms with E-state index in [-0.39, 0.29) is 16.9 Å². The van der Waals surface area contributed by atoms with E-state index in [4.69, 9.17) is 4.74 Å². The molecule has 39 heavy (non-hydrogen) atoms. The zero-order valence-electron chi connectivity index (χ0n) is 20.7. The van der Waals surface area contributed by atoms with Gasteiger partial charge in [-0.1, -0.05) is 12.1 Å². The van der Waals surface area contributed by atoms with E-state index >= 15 is 0 Å². The molecule has 0 aliphatic rings. The van der Waals surface area contributed by atoms with Gasteiger partial charge in [0, 0.05) is 73.9 Å². The van der Waals surface area contributed by atoms with Crippen molar-refractivity contribution in [2.24, 2.45) is 14.1 Å². The molecule has 0 saturated carbocycles. The Morgan fingerprint density at radius 2 is 1.64 bits per heavy atom. The second-order valence-electron chi connectivity index (χ2n) is 8.68. The minimum atomic E-state index is -0.983. The Kier molecular flexibility index (Phi) is 6.72. The van der Waals surface area contributed by atoms with Crippen molar-refractivity contribution < 1.29 is 22.7 Å². The lowest BCUT2D eigenvalue weighted by Crippen LogP contribution is -2.24. The third kappa shape index (κ3) is 5.28. The molecule has 0 fully saturated rings. The maximum atomic E-state index is 15.0. The Bertz CT molecular complexity index is 1760. The summed E-state index contributed by atoms with van der Waals surface area (Å²) >= 11 is 0. The second kappa shape index (κ2) is 10.3. The molecule has 1 N–H and O–H groups in total. The summed E-state index contributed by atoms with van der Waals surface area (Å²) in [6.07, 6.45) is 9.00. The van der Waals surface area contributed by atoms with E-state index in [1.54, 1.807) is 31.2 Å². The number of hydrogen-bond acceptors (Lipinski definition) is 5. The maximum absolute atomic E-state index is 15.0. The van der Waals surface area contributed by atoms with Gasteiger partial charge in [0.2, 0.25) is 5.43 Å². The van der Waals surface area contributed by atoms with E-state index in [1.165, 1.54) is 59.7 Å². The fourth-order valence-corrected chi connectivity index (χ4v) is 3.96. The molecule has 196 valence electrons. The van der Waals surface area contributed by atoms with Crippen molar-refractivity contribution in [1.29, 1.82) is 0 Å². The molecule has 0 radical (unpaired) electrons. The number of carbonyl (C=O) groups is 1. The molecule has 5 rings (SSSR count). The molecule has 8 nitrogen and oxygen atoms in total. The zero-order chi connectivity index (χ0) is 27.7. The highest BCUT2D eigenvalue weighted by molar-refractivity contribution is 6.04. The number of amides is 1. The molecular formula is C28H20F3N5O3. The summed E-state index contributed by atoms with van der Waals surface area (Å²) in [5.41, 5.74) is 0.265. The summed E-state index contributed by atoms with van der Waals surface area (Å²) in [5.74, 6) is -3.56. The standard InChI is InChI=1S/C28H20F3N5O3/c1-35-14-20(16-3-5-18(29)6-4-16)27(37)21(15-35)28(38)34-24-9-23(31)26(10-22(24)30)39-25-7-8-32-12-19(25)17-11-33-36(2)13-17/h3-15H,1-2H3,(H,34,38). The minimum Gasteiger partial charge on any atom is -0.453 e. The summed E-state index contributed by atoms with van der Waals surface area (Å²) in [5, 5.41) is 6.35. The SMILES string of the molecule is Cn1cc(C(=O)Nc2cc(F)c(Oc3ccncc3-c3cnn(C)c3)cc2F)c(=O)c(-c2ccc(F)cc2)c1. The lowest BCUT2D eigenvalue weighted by Gasteiger charge is -2.13. The van der Waals surface area contributed by atoms with Gasteiger partial charge in [0.15, 0.2) is 17.4 Å². The van der Waals surface area contributed by atoms with Gasteiger partial charge >= 0.3 is 0 Å². The van der Waals surface area contributed by atoms with Gasteiger partial charge in [0.25, 0.3) is 5.91 Å². The highest BCUT2D eigenvalue weighted by atomic mass is 19.1. The molecule has 3 aromatic heterocycles. The van der Waals surface area contributed by atoms with Crippen molar-refractivity contribution >= 4 is 11.6 Å². The largest absolute Gasteiger partial charge is 0.453 e. The van der Waals surface area contributed by atoms with Crippen LogP contribution in [0.1, 0.15) is 10.4 Å². The summed E-state index contributed by atoms with van der Waals surface area (Å²) in [7, 11) is 3.33. The van der Waals surface area contributed by atoms with Crippen LogP contribution in [0.5, 0.6) is 11.5 Å². The van der Waals surface area contributed by atoms with E-state index in [0.717, 1.165) is 12.1 Å². The van der Waals surface area contributed by atoms with Crippen LogP contribution in [0, 0.1) is 17.5 Å². The number of nitrogens with one attached hydrogen (secondary N) is 1. The second-order valence-corrected chi connectivity index (χ2v) is 8.68. The quantitative estimate of drug-likeness (QED) is 0.321. The van der Waals surface area contributed by atoms with Crippen LogP contribution in [0.25, 0.3) is 22.3 Å². The van der Waals surface area contributed by atoms with Crippen LogP contribution in [-0.4, -0.2) is 25.2 Å². The molecule has 5 aromatic rings. The summed E-state index contributed by atoms with van der Waals surface area (Å²) in [6.45, 7) is 0. The third-order valence-corrected chi connectivity index (χ3v) is 5.84. The average molecular weight is 531 g/mol. The molecule has 2 aromatic carbocycles. The maximum Gasteiger partial charge on any atom is 0.261 e. The third-order valence-electron chi connectivity index (χ3n) is 5.84. The van der Waals surface area contributed by atoms with Crippen LogP contribution < -0.4 is 15.5 Å². The van der Waals surface area contributed by atoms with Crippen LogP contribution in [0.4, 0.5) is 18.9 Å². The fraction of sp³-hybridized carbons (Fsp3) is 0.0714. The number of halogens is 3. The van der Waals surface area contributed by atoms with Crippen LogP contribution in [0.15, 0.2) is 84.4 Å². The predicted octanol–water partition coefficient (Wildman–Crippen LogP) is 5.31. The zero-order valence-corrected chi connectivity index (χ0v) is 20.7. The van der Waals surface area contributed by atoms with Gasteiger partial charge in [-0.05, 0) is 23.8 Å². The molecule has 0 saturated heterocycles. The minimum absolute atomic E-state index is 0.141. The Morgan fingerprint density at radius 1 is 0.872 bits per heavy atom. The number of rotatable bonds is 6. The number of hydrogen-bond donors (Lipinski definition) is 1. The molecular weight excluding hydrogens is 511 g/mol. The first-order chi connectivity index (χ1) is 18.7. The number of ether oxygens (including phenoxy) is 1. The first-order valence-corrected chi connectivity index (χ1v) is 11.6. The molecule has 11 heteroatoms. The van der Waals surface area contributed by atoms with E-state index < -0.39 is 40.2 Å². The highest BCUT2D eigenvalue weighted by Crippen LogP contribution is 2.35. The Morgan fingerprint density at radius 3 is 2.36 bits per heavy atom. The predicted molar refractivity (Wildman–Crippen MR) is 138 cm³/mol. The number of carbonyl (C=O) groups excluding carboxylic acids is 1. The molecule has 0 aliphatic heterocycles. The van der Waals surface area contributed by atoms with Crippen molar-refractivity contribution in [2.45, 2.75) is 0 Å². The number of aryl methyl sites for hydroxylation is 2. The Balaban J connectivity index is 1.42. The molecule has 0 aliphatic carbocycles. The number of benzene rings is 2. The van der Waals surface area contributed by atoms with Gasteiger partial charge in [0.05, 0.1) is 11.9 Å². The van der Waals surface area contributed by atoms with E-state index in [1.807, 2.05) is 0 Å². The first kappa shape index (κ1) is 25.5. The van der Waals surface area contributed by atoms with Gasteiger partial charge in [0.1, 0.15) is 17.1 Å². The average Bonchev–Trinajstić information content (AvgIpc) is 3.35. The van der Waals surface area contributed by atoms with Gasteiger partial charge in [-0.2, -0.15) is 5.10 Å². The lowest BCUT2D eigenvalue weighted by molar-refractivity contribution is 0.102. The number of aromatic nitrogens is 4. The smallest absolute Gasteiger partial charge is 0.261 e. The van der Waals surface area contributed by atoms with Gasteiger partial charge in [-0.25, -0.2) is 13.2 Å². The molecule has 1 amide bonds. The number of nitrogens with zero attached hydrogens (tertiary/aromatic N) is 4. The molecule has 0 atom stereocenters. The Labute approximate surface area is 219 Å². The van der Waals surface area contributed by atoms with Crippen molar-refractivity contribution in [2.75, 3.05) is 5.32 Å². The van der Waals surface area contributed by atoms with Crippen molar-refractivity contribution in [1.82, 2.24) is 19.3 Å².